The molecule has 0 radical (unpaired) electrons. The first-order chi connectivity index (χ1) is 12.1. The zero-order chi connectivity index (χ0) is 17.6. The SMILES string of the molecule is Cc1ccc(C(=O)NNC(=O)[C@H]2CCCN(c3ncccn3)C2)cc1. The molecule has 130 valence electrons. The molecule has 2 aromatic rings. The zero-order valence-corrected chi connectivity index (χ0v) is 14.1. The van der Waals surface area contributed by atoms with Gasteiger partial charge < -0.3 is 4.90 Å². The van der Waals surface area contributed by atoms with Crippen molar-refractivity contribution in [1.82, 2.24) is 20.8 Å². The molecule has 0 bridgehead atoms. The van der Waals surface area contributed by atoms with Crippen molar-refractivity contribution in [3.05, 3.63) is 53.9 Å². The summed E-state index contributed by atoms with van der Waals surface area (Å²) in [7, 11) is 0. The Kier molecular flexibility index (Phi) is 5.23. The first kappa shape index (κ1) is 16.9. The minimum absolute atomic E-state index is 0.193. The lowest BCUT2D eigenvalue weighted by molar-refractivity contribution is -0.126. The molecule has 1 saturated heterocycles. The number of hydrogen-bond acceptors (Lipinski definition) is 5. The number of carbonyl (C=O) groups is 2. The monoisotopic (exact) mass is 339 g/mol. The van der Waals surface area contributed by atoms with Gasteiger partial charge in [-0.25, -0.2) is 9.97 Å². The first-order valence-electron chi connectivity index (χ1n) is 8.32. The number of carbonyl (C=O) groups excluding carboxylic acids is 2. The average molecular weight is 339 g/mol. The Morgan fingerprint density at radius 1 is 1.12 bits per heavy atom. The summed E-state index contributed by atoms with van der Waals surface area (Å²) in [4.78, 5) is 34.9. The molecular weight excluding hydrogens is 318 g/mol. The van der Waals surface area contributed by atoms with Crippen molar-refractivity contribution in [2.45, 2.75) is 19.8 Å². The molecule has 25 heavy (non-hydrogen) atoms. The van der Waals surface area contributed by atoms with Crippen molar-refractivity contribution in [3.8, 4) is 0 Å². The predicted molar refractivity (Wildman–Crippen MR) is 93.8 cm³/mol. The van der Waals surface area contributed by atoms with E-state index in [9.17, 15) is 9.59 Å². The molecule has 1 aliphatic rings. The third-order valence-electron chi connectivity index (χ3n) is 4.24. The van der Waals surface area contributed by atoms with Crippen molar-refractivity contribution in [2.24, 2.45) is 5.92 Å². The van der Waals surface area contributed by atoms with E-state index in [0.717, 1.165) is 24.9 Å². The molecule has 3 rings (SSSR count). The van der Waals surface area contributed by atoms with Crippen LogP contribution in [0.2, 0.25) is 0 Å². The summed E-state index contributed by atoms with van der Waals surface area (Å²) in [6.45, 7) is 3.31. The normalized spacial score (nSPS) is 17.0. The fourth-order valence-electron chi connectivity index (χ4n) is 2.82. The number of hydrazine groups is 1. The number of nitrogens with one attached hydrogen (secondary N) is 2. The standard InChI is InChI=1S/C18H21N5O2/c1-13-5-7-14(8-6-13)16(24)21-22-17(25)15-4-2-11-23(12-15)18-19-9-3-10-20-18/h3,5-10,15H,2,4,11-12H2,1H3,(H,21,24)(H,22,25)/t15-/m0/s1. The summed E-state index contributed by atoms with van der Waals surface area (Å²) >= 11 is 0. The summed E-state index contributed by atoms with van der Waals surface area (Å²) in [5.41, 5.74) is 6.60. The lowest BCUT2D eigenvalue weighted by Crippen LogP contribution is -2.49. The molecule has 2 amide bonds. The number of aryl methyl sites for hydroxylation is 1. The minimum Gasteiger partial charge on any atom is -0.340 e. The minimum atomic E-state index is -0.326. The molecule has 1 aromatic heterocycles. The van der Waals surface area contributed by atoms with Gasteiger partial charge in [-0.2, -0.15) is 0 Å². The summed E-state index contributed by atoms with van der Waals surface area (Å²) in [5, 5.41) is 0. The van der Waals surface area contributed by atoms with E-state index in [4.69, 9.17) is 0 Å². The second-order valence-electron chi connectivity index (χ2n) is 6.14. The third-order valence-corrected chi connectivity index (χ3v) is 4.24. The maximum Gasteiger partial charge on any atom is 0.269 e. The lowest BCUT2D eigenvalue weighted by Gasteiger charge is -2.31. The molecule has 7 heteroatoms. The highest BCUT2D eigenvalue weighted by Gasteiger charge is 2.27. The van der Waals surface area contributed by atoms with Crippen molar-refractivity contribution < 1.29 is 9.59 Å². The Morgan fingerprint density at radius 3 is 2.56 bits per heavy atom. The lowest BCUT2D eigenvalue weighted by atomic mass is 9.98. The van der Waals surface area contributed by atoms with Crippen molar-refractivity contribution in [3.63, 3.8) is 0 Å². The van der Waals surface area contributed by atoms with Crippen LogP contribution in [-0.4, -0.2) is 34.9 Å². The topological polar surface area (TPSA) is 87.2 Å². The van der Waals surface area contributed by atoms with Crippen LogP contribution >= 0.6 is 0 Å². The summed E-state index contributed by atoms with van der Waals surface area (Å²) in [6.07, 6.45) is 5.03. The number of rotatable bonds is 3. The molecule has 1 aliphatic heterocycles. The Hall–Kier alpha value is -2.96. The fraction of sp³-hybridized carbons (Fsp3) is 0.333. The molecular formula is C18H21N5O2. The number of benzene rings is 1. The van der Waals surface area contributed by atoms with E-state index in [1.807, 2.05) is 24.0 Å². The van der Waals surface area contributed by atoms with Crippen LogP contribution in [-0.2, 0) is 4.79 Å². The fourth-order valence-corrected chi connectivity index (χ4v) is 2.82. The highest BCUT2D eigenvalue weighted by Crippen LogP contribution is 2.19. The van der Waals surface area contributed by atoms with Gasteiger partial charge in [0.1, 0.15) is 0 Å². The Bertz CT molecular complexity index is 733. The van der Waals surface area contributed by atoms with Crippen molar-refractivity contribution >= 4 is 17.8 Å². The molecule has 0 aliphatic carbocycles. The molecule has 2 heterocycles. The Balaban J connectivity index is 1.54. The van der Waals surface area contributed by atoms with Crippen LogP contribution in [0.15, 0.2) is 42.7 Å². The van der Waals surface area contributed by atoms with E-state index in [2.05, 4.69) is 20.8 Å². The number of nitrogens with zero attached hydrogens (tertiary/aromatic N) is 3. The Labute approximate surface area is 146 Å². The van der Waals surface area contributed by atoms with Gasteiger partial charge >= 0.3 is 0 Å². The van der Waals surface area contributed by atoms with Crippen LogP contribution in [0.4, 0.5) is 5.95 Å². The number of anilines is 1. The maximum absolute atomic E-state index is 12.4. The highest BCUT2D eigenvalue weighted by molar-refractivity contribution is 5.95. The van der Waals surface area contributed by atoms with Crippen LogP contribution in [0.3, 0.4) is 0 Å². The van der Waals surface area contributed by atoms with Crippen molar-refractivity contribution in [2.75, 3.05) is 18.0 Å². The zero-order valence-electron chi connectivity index (χ0n) is 14.1. The molecule has 0 saturated carbocycles. The maximum atomic E-state index is 12.4. The average Bonchev–Trinajstić information content (AvgIpc) is 2.67. The number of aromatic nitrogens is 2. The van der Waals surface area contributed by atoms with Gasteiger partial charge in [0, 0.05) is 31.0 Å². The van der Waals surface area contributed by atoms with Crippen LogP contribution in [0.25, 0.3) is 0 Å². The first-order valence-corrected chi connectivity index (χ1v) is 8.32. The van der Waals surface area contributed by atoms with Crippen molar-refractivity contribution in [1.29, 1.82) is 0 Å². The highest BCUT2D eigenvalue weighted by atomic mass is 16.2. The van der Waals surface area contributed by atoms with Gasteiger partial charge in [-0.3, -0.25) is 20.4 Å². The quantitative estimate of drug-likeness (QED) is 0.827. The van der Waals surface area contributed by atoms with Gasteiger partial charge in [0.05, 0.1) is 5.92 Å². The smallest absolute Gasteiger partial charge is 0.269 e. The van der Waals surface area contributed by atoms with Gasteiger partial charge in [-0.05, 0) is 38.0 Å². The second-order valence-corrected chi connectivity index (χ2v) is 6.14. The predicted octanol–water partition coefficient (Wildman–Crippen LogP) is 1.46. The van der Waals surface area contributed by atoms with Gasteiger partial charge in [-0.1, -0.05) is 17.7 Å². The van der Waals surface area contributed by atoms with Gasteiger partial charge in [0.15, 0.2) is 0 Å². The van der Waals surface area contributed by atoms with E-state index in [0.29, 0.717) is 18.1 Å². The second kappa shape index (κ2) is 7.74. The van der Waals surface area contributed by atoms with E-state index in [1.54, 1.807) is 30.6 Å². The largest absolute Gasteiger partial charge is 0.340 e. The molecule has 0 unspecified atom stereocenters. The molecule has 1 atom stereocenters. The van der Waals surface area contributed by atoms with Gasteiger partial charge in [0.2, 0.25) is 11.9 Å². The van der Waals surface area contributed by atoms with E-state index < -0.39 is 0 Å². The van der Waals surface area contributed by atoms with Crippen LogP contribution in [0.1, 0.15) is 28.8 Å². The van der Waals surface area contributed by atoms with E-state index in [1.165, 1.54) is 0 Å². The molecule has 7 nitrogen and oxygen atoms in total. The number of amides is 2. The number of hydrogen-bond donors (Lipinski definition) is 2. The third kappa shape index (κ3) is 4.32. The summed E-state index contributed by atoms with van der Waals surface area (Å²) in [5.74, 6) is -0.104. The van der Waals surface area contributed by atoms with Crippen LogP contribution in [0, 0.1) is 12.8 Å². The molecule has 1 aromatic carbocycles. The van der Waals surface area contributed by atoms with E-state index >= 15 is 0 Å². The number of piperidine rings is 1. The van der Waals surface area contributed by atoms with E-state index in [-0.39, 0.29) is 17.7 Å². The Morgan fingerprint density at radius 2 is 1.84 bits per heavy atom. The summed E-state index contributed by atoms with van der Waals surface area (Å²) < 4.78 is 0. The molecule has 0 spiro atoms. The molecule has 2 N–H and O–H groups in total. The van der Waals surface area contributed by atoms with Crippen LogP contribution < -0.4 is 15.8 Å². The van der Waals surface area contributed by atoms with Crippen LogP contribution in [0.5, 0.6) is 0 Å². The summed E-state index contributed by atoms with van der Waals surface area (Å²) in [6, 6.07) is 8.93. The van der Waals surface area contributed by atoms with Gasteiger partial charge in [-0.15, -0.1) is 0 Å². The molecule has 1 fully saturated rings. The van der Waals surface area contributed by atoms with Gasteiger partial charge in [0.25, 0.3) is 5.91 Å².